The third kappa shape index (κ3) is 14.3. The standard InChI is InChI=1S/C18H37N2O/c1-2-3-4-5-6-7-8-9-10-11-15-18(21)17(20)14-12-13-16-19/h17H,1-16,19-20H2/t17-/m0/s1. The number of hydrogen-bond donors (Lipinski definition) is 2. The Hall–Kier alpha value is -0.410. The van der Waals surface area contributed by atoms with Crippen LogP contribution in [0.25, 0.3) is 0 Å². The third-order valence-electron chi connectivity index (χ3n) is 4.06. The normalized spacial score (nSPS) is 12.5. The van der Waals surface area contributed by atoms with Crippen molar-refractivity contribution in [2.75, 3.05) is 6.54 Å². The Morgan fingerprint density at radius 2 is 1.33 bits per heavy atom. The van der Waals surface area contributed by atoms with E-state index >= 15 is 0 Å². The molecule has 0 bridgehead atoms. The Morgan fingerprint density at radius 3 is 1.86 bits per heavy atom. The molecule has 3 nitrogen and oxygen atoms in total. The summed E-state index contributed by atoms with van der Waals surface area (Å²) in [6, 6.07) is -0.260. The smallest absolute Gasteiger partial charge is 0.149 e. The molecule has 0 aliphatic heterocycles. The largest absolute Gasteiger partial charge is 0.330 e. The minimum atomic E-state index is -0.260. The second-order valence-electron chi connectivity index (χ2n) is 6.14. The summed E-state index contributed by atoms with van der Waals surface area (Å²) in [5.74, 6) is 0.236. The van der Waals surface area contributed by atoms with Gasteiger partial charge < -0.3 is 11.5 Å². The van der Waals surface area contributed by atoms with E-state index in [9.17, 15) is 4.79 Å². The van der Waals surface area contributed by atoms with Gasteiger partial charge in [0.05, 0.1) is 6.04 Å². The van der Waals surface area contributed by atoms with Gasteiger partial charge >= 0.3 is 0 Å². The van der Waals surface area contributed by atoms with Crippen LogP contribution in [0.3, 0.4) is 0 Å². The molecule has 0 aliphatic rings. The summed E-state index contributed by atoms with van der Waals surface area (Å²) in [5, 5.41) is 0. The molecule has 1 radical (unpaired) electrons. The highest BCUT2D eigenvalue weighted by Crippen LogP contribution is 2.12. The maximum absolute atomic E-state index is 11.8. The molecular weight excluding hydrogens is 260 g/mol. The molecule has 125 valence electrons. The van der Waals surface area contributed by atoms with Crippen LogP contribution in [0.4, 0.5) is 0 Å². The van der Waals surface area contributed by atoms with Crippen molar-refractivity contribution in [1.29, 1.82) is 0 Å². The summed E-state index contributed by atoms with van der Waals surface area (Å²) in [6.45, 7) is 4.55. The Labute approximate surface area is 132 Å². The molecule has 1 atom stereocenters. The van der Waals surface area contributed by atoms with E-state index in [1.54, 1.807) is 0 Å². The summed E-state index contributed by atoms with van der Waals surface area (Å²) in [5.41, 5.74) is 11.3. The van der Waals surface area contributed by atoms with Crippen LogP contribution in [0.15, 0.2) is 0 Å². The summed E-state index contributed by atoms with van der Waals surface area (Å²) in [4.78, 5) is 11.8. The number of Topliss-reactive ketones (excluding diaryl/α,β-unsaturated/α-hetero) is 1. The number of hydrogen-bond acceptors (Lipinski definition) is 3. The molecule has 0 spiro atoms. The molecule has 4 N–H and O–H groups in total. The first-order valence-corrected chi connectivity index (χ1v) is 9.00. The third-order valence-corrected chi connectivity index (χ3v) is 4.06. The molecule has 0 aromatic heterocycles. The van der Waals surface area contributed by atoms with Gasteiger partial charge in [-0.2, -0.15) is 0 Å². The predicted octanol–water partition coefficient (Wildman–Crippen LogP) is 4.14. The van der Waals surface area contributed by atoms with Crippen molar-refractivity contribution in [3.05, 3.63) is 6.92 Å². The molecule has 0 unspecified atom stereocenters. The predicted molar refractivity (Wildman–Crippen MR) is 92.0 cm³/mol. The monoisotopic (exact) mass is 297 g/mol. The summed E-state index contributed by atoms with van der Waals surface area (Å²) >= 11 is 0. The van der Waals surface area contributed by atoms with Crippen LogP contribution in [0, 0.1) is 6.92 Å². The van der Waals surface area contributed by atoms with E-state index in [-0.39, 0.29) is 11.8 Å². The molecule has 21 heavy (non-hydrogen) atoms. The fourth-order valence-corrected chi connectivity index (χ4v) is 2.57. The molecule has 0 aromatic carbocycles. The average Bonchev–Trinajstić information content (AvgIpc) is 2.49. The van der Waals surface area contributed by atoms with Crippen molar-refractivity contribution in [1.82, 2.24) is 0 Å². The molecule has 0 heterocycles. The van der Waals surface area contributed by atoms with Crippen molar-refractivity contribution in [2.45, 2.75) is 95.9 Å². The molecule has 0 rings (SSSR count). The lowest BCUT2D eigenvalue weighted by atomic mass is 10.0. The van der Waals surface area contributed by atoms with Crippen molar-refractivity contribution < 1.29 is 4.79 Å². The number of unbranched alkanes of at least 4 members (excludes halogenated alkanes) is 10. The fourth-order valence-electron chi connectivity index (χ4n) is 2.57. The van der Waals surface area contributed by atoms with E-state index in [4.69, 9.17) is 11.5 Å². The summed E-state index contributed by atoms with van der Waals surface area (Å²) < 4.78 is 0. The Morgan fingerprint density at radius 1 is 0.810 bits per heavy atom. The molecule has 0 aromatic rings. The number of nitrogens with two attached hydrogens (primary N) is 2. The lowest BCUT2D eigenvalue weighted by Gasteiger charge is -2.10. The molecule has 0 aliphatic carbocycles. The van der Waals surface area contributed by atoms with Crippen LogP contribution in [0.5, 0.6) is 0 Å². The Kier molecular flexibility index (Phi) is 15.7. The van der Waals surface area contributed by atoms with E-state index in [2.05, 4.69) is 6.92 Å². The van der Waals surface area contributed by atoms with Gasteiger partial charge in [-0.25, -0.2) is 0 Å². The van der Waals surface area contributed by atoms with Gasteiger partial charge in [-0.05, 0) is 25.8 Å². The second kappa shape index (κ2) is 16.0. The zero-order valence-corrected chi connectivity index (χ0v) is 14.0. The van der Waals surface area contributed by atoms with Gasteiger partial charge in [-0.1, -0.05) is 71.1 Å². The van der Waals surface area contributed by atoms with Crippen molar-refractivity contribution in [3.63, 3.8) is 0 Å². The van der Waals surface area contributed by atoms with Crippen LogP contribution in [0.1, 0.15) is 89.9 Å². The van der Waals surface area contributed by atoms with Crippen molar-refractivity contribution in [3.8, 4) is 0 Å². The molecule has 3 heteroatoms. The SMILES string of the molecule is [CH2]CCCCCCCCCCCC(=O)[C@@H](N)CCCCN. The highest BCUT2D eigenvalue weighted by molar-refractivity contribution is 5.83. The highest BCUT2D eigenvalue weighted by Gasteiger charge is 2.11. The van der Waals surface area contributed by atoms with Gasteiger partial charge in [0.1, 0.15) is 5.78 Å². The van der Waals surface area contributed by atoms with Crippen LogP contribution >= 0.6 is 0 Å². The van der Waals surface area contributed by atoms with Crippen LogP contribution in [-0.2, 0) is 4.79 Å². The molecule has 0 saturated carbocycles. The number of carbonyl (C=O) groups excluding carboxylic acids is 1. The van der Waals surface area contributed by atoms with E-state index in [1.165, 1.54) is 51.4 Å². The minimum Gasteiger partial charge on any atom is -0.330 e. The maximum atomic E-state index is 11.8. The van der Waals surface area contributed by atoms with Crippen LogP contribution < -0.4 is 11.5 Å². The Balaban J connectivity index is 3.28. The van der Waals surface area contributed by atoms with Gasteiger partial charge in [-0.15, -0.1) is 0 Å². The first-order chi connectivity index (χ1) is 10.2. The van der Waals surface area contributed by atoms with Gasteiger partial charge in [0.25, 0.3) is 0 Å². The topological polar surface area (TPSA) is 69.1 Å². The van der Waals surface area contributed by atoms with Crippen molar-refractivity contribution >= 4 is 5.78 Å². The summed E-state index contributed by atoms with van der Waals surface area (Å²) in [7, 11) is 0. The fraction of sp³-hybridized carbons (Fsp3) is 0.889. The van der Waals surface area contributed by atoms with Crippen LogP contribution in [-0.4, -0.2) is 18.4 Å². The van der Waals surface area contributed by atoms with Gasteiger partial charge in [0.2, 0.25) is 0 Å². The first kappa shape index (κ1) is 20.6. The molecular formula is C18H37N2O. The zero-order valence-electron chi connectivity index (χ0n) is 14.0. The van der Waals surface area contributed by atoms with Gasteiger partial charge in [0, 0.05) is 6.42 Å². The number of ketones is 1. The molecule has 0 fully saturated rings. The Bertz CT molecular complexity index is 231. The van der Waals surface area contributed by atoms with E-state index in [0.29, 0.717) is 13.0 Å². The van der Waals surface area contributed by atoms with Crippen molar-refractivity contribution in [2.24, 2.45) is 11.5 Å². The average molecular weight is 298 g/mol. The maximum Gasteiger partial charge on any atom is 0.149 e. The van der Waals surface area contributed by atoms with Gasteiger partial charge in [-0.3, -0.25) is 4.79 Å². The lowest BCUT2D eigenvalue weighted by Crippen LogP contribution is -2.30. The quantitative estimate of drug-likeness (QED) is 0.421. The number of carbonyl (C=O) groups is 1. The first-order valence-electron chi connectivity index (χ1n) is 9.00. The molecule has 0 saturated heterocycles. The van der Waals surface area contributed by atoms with Crippen LogP contribution in [0.2, 0.25) is 0 Å². The molecule has 0 amide bonds. The zero-order chi connectivity index (χ0) is 15.8. The lowest BCUT2D eigenvalue weighted by molar-refractivity contribution is -0.120. The van der Waals surface area contributed by atoms with E-state index in [0.717, 1.165) is 32.1 Å². The highest BCUT2D eigenvalue weighted by atomic mass is 16.1. The second-order valence-corrected chi connectivity index (χ2v) is 6.14. The van der Waals surface area contributed by atoms with Gasteiger partial charge in [0.15, 0.2) is 0 Å². The number of rotatable bonds is 16. The van der Waals surface area contributed by atoms with E-state index in [1.807, 2.05) is 0 Å². The minimum absolute atomic E-state index is 0.236. The van der Waals surface area contributed by atoms with E-state index < -0.39 is 0 Å². The summed E-state index contributed by atoms with van der Waals surface area (Å²) in [6.07, 6.45) is 15.8.